The van der Waals surface area contributed by atoms with Gasteiger partial charge in [-0.05, 0) is 12.3 Å². The van der Waals surface area contributed by atoms with Crippen LogP contribution in [0.4, 0.5) is 0 Å². The van der Waals surface area contributed by atoms with E-state index in [1.165, 1.54) is 13.8 Å². The first-order valence-electron chi connectivity index (χ1n) is 11.3. The van der Waals surface area contributed by atoms with E-state index in [1.54, 1.807) is 0 Å². The number of carboxylic acid groups (broad SMARTS) is 4. The molecular formula is C22H34N4O13. The summed E-state index contributed by atoms with van der Waals surface area (Å²) in [6, 6.07) is -6.17. The Bertz CT molecular complexity index is 946. The number of imide groups is 1. The summed E-state index contributed by atoms with van der Waals surface area (Å²) < 4.78 is 0. The van der Waals surface area contributed by atoms with Gasteiger partial charge in [-0.25, -0.2) is 0 Å². The number of hydrogen-bond donors (Lipinski definition) is 7. The molecule has 4 atom stereocenters. The van der Waals surface area contributed by atoms with Crippen molar-refractivity contribution >= 4 is 53.8 Å². The molecule has 0 aliphatic carbocycles. The minimum atomic E-state index is -1.61. The number of rotatable bonds is 15. The highest BCUT2D eigenvalue weighted by Crippen LogP contribution is 2.17. The lowest BCUT2D eigenvalue weighted by molar-refractivity contribution is -0.150. The van der Waals surface area contributed by atoms with E-state index in [4.69, 9.17) is 31.0 Å². The molecule has 0 bridgehead atoms. The molecule has 0 saturated heterocycles. The van der Waals surface area contributed by atoms with Crippen LogP contribution in [-0.2, 0) is 43.2 Å². The van der Waals surface area contributed by atoms with Gasteiger partial charge in [-0.1, -0.05) is 13.8 Å². The summed E-state index contributed by atoms with van der Waals surface area (Å²) >= 11 is 0. The van der Waals surface area contributed by atoms with Crippen molar-refractivity contribution < 1.29 is 63.6 Å². The molecular weight excluding hydrogens is 528 g/mol. The maximum absolute atomic E-state index is 12.9. The molecule has 0 heterocycles. The molecule has 0 saturated carbocycles. The molecule has 220 valence electrons. The van der Waals surface area contributed by atoms with E-state index >= 15 is 0 Å². The average molecular weight is 563 g/mol. The second-order valence-corrected chi connectivity index (χ2v) is 8.49. The number of nitrogens with two attached hydrogens (primary N) is 1. The summed E-state index contributed by atoms with van der Waals surface area (Å²) in [6.45, 7) is 5.03. The summed E-state index contributed by atoms with van der Waals surface area (Å²) in [7, 11) is 0. The van der Waals surface area contributed by atoms with Crippen LogP contribution < -0.4 is 16.4 Å². The molecule has 0 rings (SSSR count). The largest absolute Gasteiger partial charge is 0.481 e. The predicted molar refractivity (Wildman–Crippen MR) is 129 cm³/mol. The Morgan fingerprint density at radius 1 is 0.821 bits per heavy atom. The van der Waals surface area contributed by atoms with Crippen LogP contribution in [0.3, 0.4) is 0 Å². The first kappa shape index (κ1) is 36.7. The highest BCUT2D eigenvalue weighted by Gasteiger charge is 2.38. The van der Waals surface area contributed by atoms with Crippen LogP contribution in [0.5, 0.6) is 0 Å². The third-order valence-corrected chi connectivity index (χ3v) is 4.72. The number of carbonyl (C=O) groups is 9. The third-order valence-electron chi connectivity index (χ3n) is 4.72. The molecule has 0 aromatic heterocycles. The molecule has 8 N–H and O–H groups in total. The lowest BCUT2D eigenvalue weighted by atomic mass is 9.98. The number of carboxylic acids is 4. The Morgan fingerprint density at radius 2 is 1.31 bits per heavy atom. The number of hydrogen-bond acceptors (Lipinski definition) is 10. The fourth-order valence-electron chi connectivity index (χ4n) is 3.16. The number of amides is 4. The topological polar surface area (TPSA) is 288 Å². The van der Waals surface area contributed by atoms with Gasteiger partial charge in [-0.3, -0.25) is 43.7 Å². The number of nitrogens with zero attached hydrogens (tertiary/aromatic N) is 1. The molecule has 17 nitrogen and oxygen atoms in total. The van der Waals surface area contributed by atoms with Crippen molar-refractivity contribution in [3.05, 3.63) is 0 Å². The third kappa shape index (κ3) is 15.4. The van der Waals surface area contributed by atoms with Gasteiger partial charge in [0.2, 0.25) is 23.6 Å². The average Bonchev–Trinajstić information content (AvgIpc) is 2.76. The highest BCUT2D eigenvalue weighted by atomic mass is 16.4. The van der Waals surface area contributed by atoms with Gasteiger partial charge in [0.1, 0.15) is 18.4 Å². The van der Waals surface area contributed by atoms with Gasteiger partial charge in [-0.2, -0.15) is 0 Å². The van der Waals surface area contributed by atoms with E-state index in [-0.39, 0.29) is 6.29 Å². The summed E-state index contributed by atoms with van der Waals surface area (Å²) in [6.07, 6.45) is -2.50. The second kappa shape index (κ2) is 17.9. The quantitative estimate of drug-likeness (QED) is 0.104. The lowest BCUT2D eigenvalue weighted by Gasteiger charge is -2.36. The Kier molecular flexibility index (Phi) is 16.9. The number of nitrogens with one attached hydrogen (secondary N) is 2. The van der Waals surface area contributed by atoms with E-state index in [0.29, 0.717) is 0 Å². The minimum absolute atomic E-state index is 0.180. The summed E-state index contributed by atoms with van der Waals surface area (Å²) in [5.74, 6) is -9.88. The summed E-state index contributed by atoms with van der Waals surface area (Å²) in [5, 5.41) is 38.1. The Morgan fingerprint density at radius 3 is 1.67 bits per heavy atom. The number of aldehydes is 1. The van der Waals surface area contributed by atoms with Gasteiger partial charge in [0, 0.05) is 20.3 Å². The van der Waals surface area contributed by atoms with Gasteiger partial charge in [0.05, 0.1) is 24.9 Å². The maximum Gasteiger partial charge on any atom is 0.305 e. The van der Waals surface area contributed by atoms with Crippen molar-refractivity contribution in [3.63, 3.8) is 0 Å². The summed E-state index contributed by atoms with van der Waals surface area (Å²) in [5.41, 5.74) is 5.44. The van der Waals surface area contributed by atoms with Crippen LogP contribution in [0, 0.1) is 5.92 Å². The van der Waals surface area contributed by atoms with Crippen molar-refractivity contribution in [3.8, 4) is 0 Å². The number of aliphatic carboxylic acids is 4. The normalized spacial score (nSPS) is 13.3. The van der Waals surface area contributed by atoms with Crippen molar-refractivity contribution in [2.45, 2.75) is 77.5 Å². The Balaban J connectivity index is 0. The molecule has 17 heteroatoms. The van der Waals surface area contributed by atoms with Crippen molar-refractivity contribution in [1.82, 2.24) is 15.5 Å². The van der Waals surface area contributed by atoms with Gasteiger partial charge in [0.15, 0.2) is 0 Å². The zero-order valence-corrected chi connectivity index (χ0v) is 21.8. The molecule has 0 spiro atoms. The first-order chi connectivity index (χ1) is 17.8. The van der Waals surface area contributed by atoms with E-state index in [0.717, 1.165) is 18.7 Å². The van der Waals surface area contributed by atoms with E-state index in [9.17, 15) is 38.4 Å². The Labute approximate surface area is 222 Å². The highest BCUT2D eigenvalue weighted by molar-refractivity contribution is 6.03. The van der Waals surface area contributed by atoms with E-state index in [1.807, 2.05) is 5.32 Å². The fraction of sp³-hybridized carbons (Fsp3) is 0.591. The van der Waals surface area contributed by atoms with Crippen LogP contribution in [0.25, 0.3) is 0 Å². The standard InChI is InChI=1S/C20H30N4O11.C2H4O2/c1-9(2)17(24(10(3)26)11(8-25)6-15(29)30)20(35)23-19(34)13(4-5-14(27)28)22-18(33)12(21)7-16(31)32;1-2(3)4/h8-9,11-13,17H,4-7,21H2,1-3H3,(H,22,33)(H,27,28)(H,29,30)(H,31,32)(H,23,34,35);1H3,(H,3,4)/t11-,12-,13-,17-;/m0./s1. The van der Waals surface area contributed by atoms with Crippen LogP contribution in [-0.4, -0.2) is 103 Å². The zero-order valence-electron chi connectivity index (χ0n) is 21.8. The van der Waals surface area contributed by atoms with E-state index < -0.39 is 103 Å². The zero-order chi connectivity index (χ0) is 31.0. The molecule has 39 heavy (non-hydrogen) atoms. The van der Waals surface area contributed by atoms with Gasteiger partial charge in [0.25, 0.3) is 5.97 Å². The Hall–Kier alpha value is -4.41. The fourth-order valence-corrected chi connectivity index (χ4v) is 3.16. The molecule has 0 aromatic rings. The van der Waals surface area contributed by atoms with E-state index in [2.05, 4.69) is 5.32 Å². The monoisotopic (exact) mass is 562 g/mol. The van der Waals surface area contributed by atoms with Crippen molar-refractivity contribution in [2.75, 3.05) is 0 Å². The van der Waals surface area contributed by atoms with Gasteiger partial charge in [-0.15, -0.1) is 0 Å². The molecule has 0 radical (unpaired) electrons. The van der Waals surface area contributed by atoms with Crippen molar-refractivity contribution in [1.29, 1.82) is 0 Å². The number of carbonyl (C=O) groups excluding carboxylic acids is 5. The lowest BCUT2D eigenvalue weighted by Crippen LogP contribution is -2.59. The SMILES string of the molecule is CC(=O)N([C@H](C=O)CC(=O)O)[C@H](C(=O)NC(=O)[C@H](CCC(=O)O)NC(=O)[C@@H](N)CC(=O)O)C(C)C.CC(=O)O. The predicted octanol–water partition coefficient (Wildman–Crippen LogP) is -2.21. The minimum Gasteiger partial charge on any atom is -0.481 e. The second-order valence-electron chi connectivity index (χ2n) is 8.49. The molecule has 0 aliphatic rings. The molecule has 0 aromatic carbocycles. The van der Waals surface area contributed by atoms with Crippen LogP contribution in [0.15, 0.2) is 0 Å². The first-order valence-corrected chi connectivity index (χ1v) is 11.3. The molecule has 0 aliphatic heterocycles. The van der Waals surface area contributed by atoms with Crippen molar-refractivity contribution in [2.24, 2.45) is 11.7 Å². The molecule has 0 unspecified atom stereocenters. The van der Waals surface area contributed by atoms with Gasteiger partial charge < -0.3 is 41.2 Å². The van der Waals surface area contributed by atoms with Crippen LogP contribution in [0.2, 0.25) is 0 Å². The van der Waals surface area contributed by atoms with Gasteiger partial charge >= 0.3 is 17.9 Å². The smallest absolute Gasteiger partial charge is 0.305 e. The molecule has 4 amide bonds. The van der Waals surface area contributed by atoms with Crippen LogP contribution >= 0.6 is 0 Å². The van der Waals surface area contributed by atoms with Crippen LogP contribution in [0.1, 0.15) is 53.4 Å². The summed E-state index contributed by atoms with van der Waals surface area (Å²) in [4.78, 5) is 104. The molecule has 0 fully saturated rings. The maximum atomic E-state index is 12.9.